The molecule has 0 saturated carbocycles. The van der Waals surface area contributed by atoms with Gasteiger partial charge in [0, 0.05) is 24.7 Å². The summed E-state index contributed by atoms with van der Waals surface area (Å²) in [4.78, 5) is 13.4. The number of nitriles is 1. The second-order valence-electron chi connectivity index (χ2n) is 5.56. The van der Waals surface area contributed by atoms with Crippen molar-refractivity contribution >= 4 is 62.1 Å². The molecule has 0 heterocycles. The van der Waals surface area contributed by atoms with E-state index in [9.17, 15) is 10.1 Å². The first-order valence-corrected chi connectivity index (χ1v) is 9.77. The monoisotopic (exact) mass is 544 g/mol. The van der Waals surface area contributed by atoms with E-state index in [2.05, 4.69) is 38.5 Å². The fourth-order valence-corrected chi connectivity index (χ4v) is 4.07. The lowest BCUT2D eigenvalue weighted by Gasteiger charge is -2.13. The van der Waals surface area contributed by atoms with E-state index in [0.717, 1.165) is 19.2 Å². The third-order valence-electron chi connectivity index (χ3n) is 3.42. The van der Waals surface area contributed by atoms with E-state index >= 15 is 0 Å². The van der Waals surface area contributed by atoms with Gasteiger partial charge in [0.1, 0.15) is 24.0 Å². The second-order valence-corrected chi connectivity index (χ2v) is 7.99. The standard InChI is InChI=1S/C19H15BrClIN2O2/c1-24(2)19(25)14(10-23)7-12-8-15(20)18(17(22)9-12)26-11-13-5-3-4-6-16(13)21/h3-9H,11H2,1-2H3/b14-7-. The Balaban J connectivity index is 2.27. The predicted octanol–water partition coefficient (Wildman–Crippen LogP) is 5.28. The Bertz CT molecular complexity index is 884. The molecule has 2 rings (SSSR count). The zero-order valence-corrected chi connectivity index (χ0v) is 18.6. The highest BCUT2D eigenvalue weighted by molar-refractivity contribution is 14.1. The highest BCUT2D eigenvalue weighted by Gasteiger charge is 2.14. The largest absolute Gasteiger partial charge is 0.487 e. The van der Waals surface area contributed by atoms with Crippen LogP contribution in [0.15, 0.2) is 46.4 Å². The number of hydrogen-bond acceptors (Lipinski definition) is 3. The molecule has 0 saturated heterocycles. The van der Waals surface area contributed by atoms with Crippen LogP contribution in [-0.4, -0.2) is 24.9 Å². The first kappa shape index (κ1) is 20.7. The summed E-state index contributed by atoms with van der Waals surface area (Å²) in [5.74, 6) is 0.345. The van der Waals surface area contributed by atoms with Crippen molar-refractivity contribution in [1.29, 1.82) is 5.26 Å². The number of amides is 1. The zero-order chi connectivity index (χ0) is 19.3. The lowest BCUT2D eigenvalue weighted by atomic mass is 10.1. The summed E-state index contributed by atoms with van der Waals surface area (Å²) in [6.45, 7) is 0.339. The Morgan fingerprint density at radius 3 is 2.65 bits per heavy atom. The maximum atomic E-state index is 12.0. The molecule has 26 heavy (non-hydrogen) atoms. The predicted molar refractivity (Wildman–Crippen MR) is 115 cm³/mol. The molecule has 0 bridgehead atoms. The minimum Gasteiger partial charge on any atom is -0.487 e. The number of carbonyl (C=O) groups excluding carboxylic acids is 1. The van der Waals surface area contributed by atoms with E-state index < -0.39 is 0 Å². The molecule has 4 nitrogen and oxygen atoms in total. The van der Waals surface area contributed by atoms with E-state index in [1.165, 1.54) is 4.90 Å². The number of benzene rings is 2. The molecule has 0 aliphatic heterocycles. The third-order valence-corrected chi connectivity index (χ3v) is 5.18. The van der Waals surface area contributed by atoms with Crippen LogP contribution in [0.5, 0.6) is 5.75 Å². The summed E-state index contributed by atoms with van der Waals surface area (Å²) in [7, 11) is 3.22. The van der Waals surface area contributed by atoms with Crippen LogP contribution in [-0.2, 0) is 11.4 Å². The Morgan fingerprint density at radius 1 is 1.38 bits per heavy atom. The van der Waals surface area contributed by atoms with Gasteiger partial charge in [-0.25, -0.2) is 0 Å². The van der Waals surface area contributed by atoms with Crippen LogP contribution in [0.3, 0.4) is 0 Å². The van der Waals surface area contributed by atoms with Gasteiger partial charge >= 0.3 is 0 Å². The Kier molecular flexibility index (Phi) is 7.50. The molecular formula is C19H15BrClIN2O2. The van der Waals surface area contributed by atoms with Gasteiger partial charge in [-0.05, 0) is 68.4 Å². The van der Waals surface area contributed by atoms with Gasteiger partial charge < -0.3 is 9.64 Å². The Labute approximate surface area is 179 Å². The zero-order valence-electron chi connectivity index (χ0n) is 14.1. The maximum Gasteiger partial charge on any atom is 0.264 e. The number of ether oxygens (including phenoxy) is 1. The van der Waals surface area contributed by atoms with Crippen molar-refractivity contribution in [1.82, 2.24) is 4.90 Å². The van der Waals surface area contributed by atoms with Crippen LogP contribution >= 0.6 is 50.1 Å². The van der Waals surface area contributed by atoms with Crippen molar-refractivity contribution in [2.24, 2.45) is 0 Å². The van der Waals surface area contributed by atoms with Gasteiger partial charge in [0.25, 0.3) is 5.91 Å². The van der Waals surface area contributed by atoms with Gasteiger partial charge in [-0.3, -0.25) is 4.79 Å². The molecule has 2 aromatic carbocycles. The van der Waals surface area contributed by atoms with E-state index in [0.29, 0.717) is 17.4 Å². The smallest absolute Gasteiger partial charge is 0.264 e. The highest BCUT2D eigenvalue weighted by atomic mass is 127. The van der Waals surface area contributed by atoms with Crippen molar-refractivity contribution < 1.29 is 9.53 Å². The van der Waals surface area contributed by atoms with Crippen LogP contribution in [0, 0.1) is 14.9 Å². The van der Waals surface area contributed by atoms with Crippen LogP contribution in [0.25, 0.3) is 6.08 Å². The molecule has 0 N–H and O–H groups in total. The van der Waals surface area contributed by atoms with Crippen LogP contribution < -0.4 is 4.74 Å². The van der Waals surface area contributed by atoms with E-state index in [4.69, 9.17) is 16.3 Å². The minimum absolute atomic E-state index is 0.0717. The molecule has 0 atom stereocenters. The molecule has 0 unspecified atom stereocenters. The fraction of sp³-hybridized carbons (Fsp3) is 0.158. The second kappa shape index (κ2) is 9.40. The van der Waals surface area contributed by atoms with E-state index in [1.807, 2.05) is 42.5 Å². The summed E-state index contributed by atoms with van der Waals surface area (Å²) >= 11 is 11.8. The number of halogens is 3. The van der Waals surface area contributed by atoms with Gasteiger partial charge in [-0.15, -0.1) is 0 Å². The van der Waals surface area contributed by atoms with Crippen molar-refractivity contribution in [3.8, 4) is 11.8 Å². The molecule has 1 amide bonds. The molecule has 0 aliphatic rings. The normalized spacial score (nSPS) is 11.0. The number of hydrogen-bond donors (Lipinski definition) is 0. The first-order chi connectivity index (χ1) is 12.3. The lowest BCUT2D eigenvalue weighted by molar-refractivity contribution is -0.124. The molecule has 2 aromatic rings. The fourth-order valence-electron chi connectivity index (χ4n) is 2.12. The number of likely N-dealkylation sites (N-methyl/N-ethyl adjacent to an activating group) is 1. The van der Waals surface area contributed by atoms with Crippen LogP contribution in [0.4, 0.5) is 0 Å². The summed E-state index contributed by atoms with van der Waals surface area (Å²) in [6, 6.07) is 13.1. The molecule has 0 aliphatic carbocycles. The quantitative estimate of drug-likeness (QED) is 0.292. The van der Waals surface area contributed by atoms with Crippen molar-refractivity contribution in [3.63, 3.8) is 0 Å². The SMILES string of the molecule is CN(C)C(=O)/C(C#N)=C\c1cc(Br)c(OCc2ccccc2Cl)c(I)c1. The van der Waals surface area contributed by atoms with E-state index in [-0.39, 0.29) is 11.5 Å². The minimum atomic E-state index is -0.335. The first-order valence-electron chi connectivity index (χ1n) is 7.52. The van der Waals surface area contributed by atoms with Crippen LogP contribution in [0.2, 0.25) is 5.02 Å². The molecule has 0 fully saturated rings. The lowest BCUT2D eigenvalue weighted by Crippen LogP contribution is -2.22. The van der Waals surface area contributed by atoms with Crippen molar-refractivity contribution in [2.75, 3.05) is 14.1 Å². The molecule has 0 aromatic heterocycles. The highest BCUT2D eigenvalue weighted by Crippen LogP contribution is 2.33. The van der Waals surface area contributed by atoms with Gasteiger partial charge in [-0.1, -0.05) is 29.8 Å². The Morgan fingerprint density at radius 2 is 2.08 bits per heavy atom. The number of nitrogens with zero attached hydrogens (tertiary/aromatic N) is 2. The molecular weight excluding hydrogens is 530 g/mol. The summed E-state index contributed by atoms with van der Waals surface area (Å²) in [5.41, 5.74) is 1.70. The maximum absolute atomic E-state index is 12.0. The van der Waals surface area contributed by atoms with Crippen molar-refractivity contribution in [2.45, 2.75) is 6.61 Å². The van der Waals surface area contributed by atoms with Gasteiger partial charge in [-0.2, -0.15) is 5.26 Å². The van der Waals surface area contributed by atoms with Crippen molar-refractivity contribution in [3.05, 3.63) is 66.2 Å². The Hall–Kier alpha value is -1.56. The third kappa shape index (κ3) is 5.22. The van der Waals surface area contributed by atoms with Gasteiger partial charge in [0.05, 0.1) is 8.04 Å². The number of rotatable bonds is 5. The average Bonchev–Trinajstić information content (AvgIpc) is 2.59. The van der Waals surface area contributed by atoms with Crippen LogP contribution in [0.1, 0.15) is 11.1 Å². The summed E-state index contributed by atoms with van der Waals surface area (Å²) in [5, 5.41) is 9.87. The van der Waals surface area contributed by atoms with E-state index in [1.54, 1.807) is 20.2 Å². The topological polar surface area (TPSA) is 53.3 Å². The molecule has 0 radical (unpaired) electrons. The van der Waals surface area contributed by atoms with Gasteiger partial charge in [0.2, 0.25) is 0 Å². The molecule has 0 spiro atoms. The van der Waals surface area contributed by atoms with Gasteiger partial charge in [0.15, 0.2) is 0 Å². The summed E-state index contributed by atoms with van der Waals surface area (Å²) < 4.78 is 7.49. The number of carbonyl (C=O) groups is 1. The summed E-state index contributed by atoms with van der Waals surface area (Å²) in [6.07, 6.45) is 1.56. The molecule has 134 valence electrons. The average molecular weight is 546 g/mol. The molecule has 7 heteroatoms.